The van der Waals surface area contributed by atoms with Gasteiger partial charge in [-0.1, -0.05) is 42.5 Å². The molecule has 0 radical (unpaired) electrons. The molecule has 1 aliphatic carbocycles. The van der Waals surface area contributed by atoms with Crippen LogP contribution in [0.4, 0.5) is 0 Å². The first-order chi connectivity index (χ1) is 10.8. The summed E-state index contributed by atoms with van der Waals surface area (Å²) in [6.07, 6.45) is 3.37. The molecule has 2 aromatic carbocycles. The lowest BCUT2D eigenvalue weighted by molar-refractivity contribution is -0.136. The van der Waals surface area contributed by atoms with E-state index in [1.54, 1.807) is 6.20 Å². The second-order valence-electron chi connectivity index (χ2n) is 5.57. The summed E-state index contributed by atoms with van der Waals surface area (Å²) < 4.78 is 5.56. The number of aryl methyl sites for hydroxylation is 1. The first-order valence-corrected chi connectivity index (χ1v) is 7.45. The number of hydrogen-bond acceptors (Lipinski definition) is 3. The van der Waals surface area contributed by atoms with E-state index in [9.17, 15) is 4.79 Å². The Kier molecular flexibility index (Phi) is 3.11. The average Bonchev–Trinajstić information content (AvgIpc) is 2.99. The highest BCUT2D eigenvalue weighted by molar-refractivity contribution is 5.84. The molecule has 0 aliphatic heterocycles. The fourth-order valence-electron chi connectivity index (χ4n) is 3.10. The predicted molar refractivity (Wildman–Crippen MR) is 84.9 cm³/mol. The number of fused-ring (bicyclic) bond motifs is 2. The van der Waals surface area contributed by atoms with Crippen molar-refractivity contribution in [2.45, 2.75) is 18.8 Å². The van der Waals surface area contributed by atoms with E-state index in [0.29, 0.717) is 5.75 Å². The minimum absolute atomic E-state index is 0.164. The zero-order valence-corrected chi connectivity index (χ0v) is 12.0. The zero-order chi connectivity index (χ0) is 14.9. The molecule has 0 amide bonds. The third-order valence-corrected chi connectivity index (χ3v) is 4.20. The molecular formula is C19H15NO2. The van der Waals surface area contributed by atoms with Gasteiger partial charge in [-0.3, -0.25) is 9.78 Å². The van der Waals surface area contributed by atoms with Crippen LogP contribution in [0.5, 0.6) is 5.75 Å². The third-order valence-electron chi connectivity index (χ3n) is 4.20. The van der Waals surface area contributed by atoms with Crippen molar-refractivity contribution < 1.29 is 9.53 Å². The van der Waals surface area contributed by atoms with Crippen molar-refractivity contribution in [3.63, 3.8) is 0 Å². The van der Waals surface area contributed by atoms with E-state index in [1.165, 1.54) is 5.56 Å². The van der Waals surface area contributed by atoms with E-state index in [-0.39, 0.29) is 11.9 Å². The molecule has 3 aromatic rings. The van der Waals surface area contributed by atoms with Gasteiger partial charge in [0.1, 0.15) is 5.75 Å². The van der Waals surface area contributed by atoms with Crippen LogP contribution in [-0.4, -0.2) is 11.0 Å². The van der Waals surface area contributed by atoms with Gasteiger partial charge in [0, 0.05) is 5.39 Å². The first kappa shape index (κ1) is 13.0. The minimum Gasteiger partial charge on any atom is -0.424 e. The van der Waals surface area contributed by atoms with Gasteiger partial charge in [0.2, 0.25) is 0 Å². The van der Waals surface area contributed by atoms with Gasteiger partial charge < -0.3 is 4.74 Å². The van der Waals surface area contributed by atoms with Gasteiger partial charge in [-0.2, -0.15) is 0 Å². The lowest BCUT2D eigenvalue weighted by Crippen LogP contribution is -2.16. The maximum absolute atomic E-state index is 12.5. The number of para-hydroxylation sites is 1. The Morgan fingerprint density at radius 3 is 2.86 bits per heavy atom. The third kappa shape index (κ3) is 2.25. The second-order valence-corrected chi connectivity index (χ2v) is 5.57. The summed E-state index contributed by atoms with van der Waals surface area (Å²) in [7, 11) is 0. The Morgan fingerprint density at radius 1 is 1.09 bits per heavy atom. The maximum Gasteiger partial charge on any atom is 0.318 e. The summed E-state index contributed by atoms with van der Waals surface area (Å²) in [5, 5.41) is 0.972. The Bertz CT molecular complexity index is 857. The van der Waals surface area contributed by atoms with Crippen molar-refractivity contribution in [1.29, 1.82) is 0 Å². The number of ether oxygens (including phenoxy) is 1. The van der Waals surface area contributed by atoms with Crippen LogP contribution in [0.3, 0.4) is 0 Å². The Morgan fingerprint density at radius 2 is 1.91 bits per heavy atom. The van der Waals surface area contributed by atoms with Gasteiger partial charge in [0.05, 0.1) is 17.6 Å². The molecule has 0 fully saturated rings. The van der Waals surface area contributed by atoms with E-state index in [0.717, 1.165) is 29.3 Å². The number of benzene rings is 2. The van der Waals surface area contributed by atoms with E-state index in [2.05, 4.69) is 11.1 Å². The zero-order valence-electron chi connectivity index (χ0n) is 12.0. The van der Waals surface area contributed by atoms with Gasteiger partial charge in [0.25, 0.3) is 0 Å². The Labute approximate surface area is 128 Å². The molecule has 0 bridgehead atoms. The number of pyridine rings is 1. The molecule has 4 rings (SSSR count). The molecular weight excluding hydrogens is 274 g/mol. The van der Waals surface area contributed by atoms with Crippen LogP contribution < -0.4 is 4.74 Å². The summed E-state index contributed by atoms with van der Waals surface area (Å²) in [6, 6.07) is 17.7. The van der Waals surface area contributed by atoms with E-state index in [4.69, 9.17) is 4.74 Å². The molecule has 1 atom stereocenters. The number of esters is 1. The summed E-state index contributed by atoms with van der Waals surface area (Å²) >= 11 is 0. The molecule has 3 heteroatoms. The van der Waals surface area contributed by atoms with Crippen molar-refractivity contribution in [3.05, 3.63) is 71.9 Å². The van der Waals surface area contributed by atoms with E-state index in [1.807, 2.05) is 48.5 Å². The molecule has 1 heterocycles. The smallest absolute Gasteiger partial charge is 0.318 e. The monoisotopic (exact) mass is 289 g/mol. The normalized spacial score (nSPS) is 16.5. The number of carbonyl (C=O) groups excluding carboxylic acids is 1. The van der Waals surface area contributed by atoms with Gasteiger partial charge in [-0.25, -0.2) is 0 Å². The molecule has 22 heavy (non-hydrogen) atoms. The van der Waals surface area contributed by atoms with Crippen LogP contribution in [0.1, 0.15) is 23.5 Å². The number of carbonyl (C=O) groups is 1. The molecule has 1 aromatic heterocycles. The van der Waals surface area contributed by atoms with Crippen LogP contribution in [0, 0.1) is 0 Å². The van der Waals surface area contributed by atoms with Gasteiger partial charge in [-0.05, 0) is 36.1 Å². The summed E-state index contributed by atoms with van der Waals surface area (Å²) in [5.74, 6) is 0.151. The Balaban J connectivity index is 1.59. The largest absolute Gasteiger partial charge is 0.424 e. The minimum atomic E-state index is -0.193. The molecule has 0 saturated heterocycles. The second kappa shape index (κ2) is 5.26. The van der Waals surface area contributed by atoms with Crippen LogP contribution in [0.15, 0.2) is 60.8 Å². The predicted octanol–water partition coefficient (Wildman–Crippen LogP) is 3.87. The number of nitrogens with zero attached hydrogens (tertiary/aromatic N) is 1. The van der Waals surface area contributed by atoms with E-state index >= 15 is 0 Å². The number of hydrogen-bond donors (Lipinski definition) is 0. The molecule has 3 nitrogen and oxygen atoms in total. The average molecular weight is 289 g/mol. The van der Waals surface area contributed by atoms with Crippen LogP contribution in [0.25, 0.3) is 10.9 Å². The molecule has 108 valence electrons. The van der Waals surface area contributed by atoms with Gasteiger partial charge in [0.15, 0.2) is 0 Å². The Hall–Kier alpha value is -2.68. The standard InChI is InChI=1S/C19H15NO2/c21-19(17-10-9-13-5-1-3-7-16(13)17)22-15-11-14-6-2-4-8-18(14)20-12-15/h1-8,11-12,17H,9-10H2. The molecule has 0 N–H and O–H groups in total. The summed E-state index contributed by atoms with van der Waals surface area (Å²) in [5.41, 5.74) is 3.25. The van der Waals surface area contributed by atoms with Crippen molar-refractivity contribution in [3.8, 4) is 5.75 Å². The van der Waals surface area contributed by atoms with Crippen molar-refractivity contribution in [2.24, 2.45) is 0 Å². The highest BCUT2D eigenvalue weighted by Crippen LogP contribution is 2.34. The van der Waals surface area contributed by atoms with Crippen LogP contribution in [-0.2, 0) is 11.2 Å². The van der Waals surface area contributed by atoms with Crippen molar-refractivity contribution >= 4 is 16.9 Å². The highest BCUT2D eigenvalue weighted by Gasteiger charge is 2.29. The van der Waals surface area contributed by atoms with Gasteiger partial charge >= 0.3 is 5.97 Å². The van der Waals surface area contributed by atoms with Gasteiger partial charge in [-0.15, -0.1) is 0 Å². The quantitative estimate of drug-likeness (QED) is 0.672. The van der Waals surface area contributed by atoms with Crippen molar-refractivity contribution in [1.82, 2.24) is 4.98 Å². The molecule has 1 aliphatic rings. The summed E-state index contributed by atoms with van der Waals surface area (Å²) in [4.78, 5) is 16.8. The number of rotatable bonds is 2. The number of aromatic nitrogens is 1. The lowest BCUT2D eigenvalue weighted by atomic mass is 10.0. The van der Waals surface area contributed by atoms with Crippen molar-refractivity contribution in [2.75, 3.05) is 0 Å². The molecule has 0 spiro atoms. The lowest BCUT2D eigenvalue weighted by Gasteiger charge is -2.11. The molecule has 0 saturated carbocycles. The fraction of sp³-hybridized carbons (Fsp3) is 0.158. The van der Waals surface area contributed by atoms with Crippen LogP contribution >= 0.6 is 0 Å². The van der Waals surface area contributed by atoms with E-state index < -0.39 is 0 Å². The maximum atomic E-state index is 12.5. The topological polar surface area (TPSA) is 39.2 Å². The summed E-state index contributed by atoms with van der Waals surface area (Å²) in [6.45, 7) is 0. The van der Waals surface area contributed by atoms with Crippen LogP contribution in [0.2, 0.25) is 0 Å². The highest BCUT2D eigenvalue weighted by atomic mass is 16.5. The first-order valence-electron chi connectivity index (χ1n) is 7.45. The fourth-order valence-corrected chi connectivity index (χ4v) is 3.10. The SMILES string of the molecule is O=C(Oc1cnc2ccccc2c1)C1CCc2ccccc21. The molecule has 1 unspecified atom stereocenters.